The van der Waals surface area contributed by atoms with Gasteiger partial charge in [-0.05, 0) is 36.6 Å². The van der Waals surface area contributed by atoms with Crippen molar-refractivity contribution in [3.05, 3.63) is 71.9 Å². The van der Waals surface area contributed by atoms with Gasteiger partial charge in [0.25, 0.3) is 0 Å². The third-order valence-corrected chi connectivity index (χ3v) is 4.44. The first-order chi connectivity index (χ1) is 14.0. The Balaban J connectivity index is 1.91. The lowest BCUT2D eigenvalue weighted by Crippen LogP contribution is -2.13. The molecule has 3 rings (SSSR count). The largest absolute Gasteiger partial charge is 0.421 e. The molecule has 2 aromatic carbocycles. The summed E-state index contributed by atoms with van der Waals surface area (Å²) in [4.78, 5) is 7.96. The van der Waals surface area contributed by atoms with E-state index in [1.165, 1.54) is 0 Å². The second-order valence-electron chi connectivity index (χ2n) is 6.68. The highest BCUT2D eigenvalue weighted by molar-refractivity contribution is 5.65. The highest BCUT2D eigenvalue weighted by Crippen LogP contribution is 2.36. The molecule has 0 unspecified atom stereocenters. The molecule has 0 radical (unpaired) electrons. The van der Waals surface area contributed by atoms with Gasteiger partial charge in [-0.15, -0.1) is 0 Å². The average Bonchev–Trinajstić information content (AvgIpc) is 2.69. The molecule has 152 valence electrons. The number of unbranched alkanes of at least 4 members (excludes halogenated alkanes) is 2. The van der Waals surface area contributed by atoms with E-state index in [2.05, 4.69) is 27.5 Å². The molecule has 0 aliphatic rings. The van der Waals surface area contributed by atoms with E-state index in [1.54, 1.807) is 24.3 Å². The Morgan fingerprint density at radius 1 is 0.897 bits per heavy atom. The number of aryl methyl sites for hydroxylation is 1. The standard InChI is InChI=1S/C22H23F3N4/c1-2-3-5-10-16-11-8-9-14-19(16)28-20-18(22(23,24)25)15-26-21(29-20)27-17-12-6-4-7-13-17/h4,6-9,11-15H,2-3,5,10H2,1H3,(H2,26,27,28,29). The molecule has 0 atom stereocenters. The van der Waals surface area contributed by atoms with Crippen molar-refractivity contribution in [1.29, 1.82) is 0 Å². The second-order valence-corrected chi connectivity index (χ2v) is 6.68. The lowest BCUT2D eigenvalue weighted by atomic mass is 10.1. The smallest absolute Gasteiger partial charge is 0.339 e. The molecule has 0 aliphatic heterocycles. The lowest BCUT2D eigenvalue weighted by Gasteiger charge is -2.17. The van der Waals surface area contributed by atoms with Crippen molar-refractivity contribution in [2.24, 2.45) is 0 Å². The first-order valence-corrected chi connectivity index (χ1v) is 9.58. The van der Waals surface area contributed by atoms with Crippen molar-refractivity contribution >= 4 is 23.1 Å². The number of aromatic nitrogens is 2. The third kappa shape index (κ3) is 5.70. The number of hydrogen-bond donors (Lipinski definition) is 2. The molecule has 3 aromatic rings. The van der Waals surface area contributed by atoms with Crippen LogP contribution < -0.4 is 10.6 Å². The van der Waals surface area contributed by atoms with Crippen molar-refractivity contribution in [1.82, 2.24) is 9.97 Å². The topological polar surface area (TPSA) is 49.8 Å². The average molecular weight is 400 g/mol. The van der Waals surface area contributed by atoms with Gasteiger partial charge < -0.3 is 10.6 Å². The fraction of sp³-hybridized carbons (Fsp3) is 0.273. The van der Waals surface area contributed by atoms with Gasteiger partial charge in [0.15, 0.2) is 0 Å². The number of anilines is 4. The van der Waals surface area contributed by atoms with Crippen LogP contribution in [0.3, 0.4) is 0 Å². The minimum absolute atomic E-state index is 0.0927. The maximum atomic E-state index is 13.5. The molecule has 1 aromatic heterocycles. The minimum atomic E-state index is -4.56. The first-order valence-electron chi connectivity index (χ1n) is 9.58. The number of nitrogens with one attached hydrogen (secondary N) is 2. The van der Waals surface area contributed by atoms with Crippen molar-refractivity contribution in [2.75, 3.05) is 10.6 Å². The van der Waals surface area contributed by atoms with Gasteiger partial charge >= 0.3 is 6.18 Å². The summed E-state index contributed by atoms with van der Waals surface area (Å²) in [5.41, 5.74) is 1.38. The van der Waals surface area contributed by atoms with Crippen LogP contribution in [0.15, 0.2) is 60.8 Å². The number of halogens is 3. The zero-order valence-corrected chi connectivity index (χ0v) is 16.1. The van der Waals surface area contributed by atoms with E-state index in [-0.39, 0.29) is 11.8 Å². The molecule has 7 heteroatoms. The van der Waals surface area contributed by atoms with E-state index in [4.69, 9.17) is 0 Å². The van der Waals surface area contributed by atoms with Crippen LogP contribution in [0.4, 0.5) is 36.3 Å². The summed E-state index contributed by atoms with van der Waals surface area (Å²) in [7, 11) is 0. The third-order valence-electron chi connectivity index (χ3n) is 4.44. The second kappa shape index (κ2) is 9.41. The van der Waals surface area contributed by atoms with Crippen molar-refractivity contribution in [2.45, 2.75) is 38.8 Å². The number of benzene rings is 2. The van der Waals surface area contributed by atoms with E-state index in [9.17, 15) is 13.2 Å². The molecule has 2 N–H and O–H groups in total. The van der Waals surface area contributed by atoms with Crippen molar-refractivity contribution in [3.63, 3.8) is 0 Å². The van der Waals surface area contributed by atoms with E-state index in [0.717, 1.165) is 37.4 Å². The Kier molecular flexibility index (Phi) is 6.69. The Morgan fingerprint density at radius 2 is 1.62 bits per heavy atom. The molecule has 29 heavy (non-hydrogen) atoms. The maximum Gasteiger partial charge on any atom is 0.421 e. The summed E-state index contributed by atoms with van der Waals surface area (Å²) in [6.45, 7) is 2.11. The van der Waals surface area contributed by atoms with Gasteiger partial charge in [0, 0.05) is 17.6 Å². The number of nitrogens with zero attached hydrogens (tertiary/aromatic N) is 2. The lowest BCUT2D eigenvalue weighted by molar-refractivity contribution is -0.137. The molecule has 0 spiro atoms. The Labute approximate surface area is 168 Å². The van der Waals surface area contributed by atoms with Gasteiger partial charge in [-0.1, -0.05) is 56.2 Å². The quantitative estimate of drug-likeness (QED) is 0.412. The molecule has 0 saturated carbocycles. The highest BCUT2D eigenvalue weighted by Gasteiger charge is 2.35. The molecule has 0 saturated heterocycles. The summed E-state index contributed by atoms with van der Waals surface area (Å²) in [5.74, 6) is -0.177. The summed E-state index contributed by atoms with van der Waals surface area (Å²) in [5, 5.41) is 5.83. The summed E-state index contributed by atoms with van der Waals surface area (Å²) >= 11 is 0. The zero-order valence-electron chi connectivity index (χ0n) is 16.1. The molecular formula is C22H23F3N4. The van der Waals surface area contributed by atoms with Gasteiger partial charge in [0.2, 0.25) is 5.95 Å². The molecule has 1 heterocycles. The predicted octanol–water partition coefficient (Wildman–Crippen LogP) is 6.72. The van der Waals surface area contributed by atoms with E-state index in [1.807, 2.05) is 30.3 Å². The zero-order chi connectivity index (χ0) is 20.7. The number of rotatable bonds is 8. The number of para-hydroxylation sites is 2. The van der Waals surface area contributed by atoms with Gasteiger partial charge in [-0.3, -0.25) is 0 Å². The van der Waals surface area contributed by atoms with E-state index < -0.39 is 11.7 Å². The van der Waals surface area contributed by atoms with Crippen LogP contribution in [-0.4, -0.2) is 9.97 Å². The molecule has 0 fully saturated rings. The fourth-order valence-corrected chi connectivity index (χ4v) is 2.95. The van der Waals surface area contributed by atoms with Crippen LogP contribution in [0.2, 0.25) is 0 Å². The van der Waals surface area contributed by atoms with E-state index in [0.29, 0.717) is 11.4 Å². The van der Waals surface area contributed by atoms with Gasteiger partial charge in [-0.2, -0.15) is 18.2 Å². The Hall–Kier alpha value is -3.09. The Morgan fingerprint density at radius 3 is 2.34 bits per heavy atom. The van der Waals surface area contributed by atoms with Crippen LogP contribution >= 0.6 is 0 Å². The highest BCUT2D eigenvalue weighted by atomic mass is 19.4. The predicted molar refractivity (Wildman–Crippen MR) is 110 cm³/mol. The first kappa shape index (κ1) is 20.6. The van der Waals surface area contributed by atoms with Crippen LogP contribution in [0, 0.1) is 0 Å². The molecule has 0 bridgehead atoms. The summed E-state index contributed by atoms with van der Waals surface area (Å²) in [6, 6.07) is 16.4. The fourth-order valence-electron chi connectivity index (χ4n) is 2.95. The maximum absolute atomic E-state index is 13.5. The summed E-state index contributed by atoms with van der Waals surface area (Å²) < 4.78 is 40.6. The van der Waals surface area contributed by atoms with E-state index >= 15 is 0 Å². The monoisotopic (exact) mass is 400 g/mol. The molecule has 0 amide bonds. The van der Waals surface area contributed by atoms with Gasteiger partial charge in [0.1, 0.15) is 11.4 Å². The number of alkyl halides is 3. The summed E-state index contributed by atoms with van der Waals surface area (Å²) in [6.07, 6.45) is 0.157. The van der Waals surface area contributed by atoms with Gasteiger partial charge in [-0.25, -0.2) is 4.98 Å². The normalized spacial score (nSPS) is 11.3. The van der Waals surface area contributed by atoms with Crippen LogP contribution in [0.25, 0.3) is 0 Å². The molecular weight excluding hydrogens is 377 g/mol. The molecule has 4 nitrogen and oxygen atoms in total. The van der Waals surface area contributed by atoms with Crippen LogP contribution in [0.1, 0.15) is 37.3 Å². The van der Waals surface area contributed by atoms with Crippen LogP contribution in [0.5, 0.6) is 0 Å². The SMILES string of the molecule is CCCCCc1ccccc1Nc1nc(Nc2ccccc2)ncc1C(F)(F)F. The molecule has 0 aliphatic carbocycles. The number of hydrogen-bond acceptors (Lipinski definition) is 4. The minimum Gasteiger partial charge on any atom is -0.339 e. The van der Waals surface area contributed by atoms with Crippen molar-refractivity contribution < 1.29 is 13.2 Å². The Bertz CT molecular complexity index is 927. The van der Waals surface area contributed by atoms with Crippen LogP contribution in [-0.2, 0) is 12.6 Å². The van der Waals surface area contributed by atoms with Crippen molar-refractivity contribution in [3.8, 4) is 0 Å². The van der Waals surface area contributed by atoms with Gasteiger partial charge in [0.05, 0.1) is 0 Å².